The van der Waals surface area contributed by atoms with Gasteiger partial charge in [0.25, 0.3) is 0 Å². The topological polar surface area (TPSA) is 90.6 Å². The van der Waals surface area contributed by atoms with Gasteiger partial charge < -0.3 is 20.5 Å². The molecule has 0 rings (SSSR count). The molecule has 0 aliphatic heterocycles. The van der Waals surface area contributed by atoms with Crippen LogP contribution in [0.3, 0.4) is 0 Å². The number of nitrogens with two attached hydrogens (primary N) is 1. The fourth-order valence-corrected chi connectivity index (χ4v) is 1.12. The number of alkyl carbamates (subject to hydrolysis) is 1. The second-order valence-corrected chi connectivity index (χ2v) is 3.44. The van der Waals surface area contributed by atoms with Crippen molar-refractivity contribution < 1.29 is 19.1 Å². The predicted octanol–water partition coefficient (Wildman–Crippen LogP) is 0.901. The number of esters is 1. The van der Waals surface area contributed by atoms with Gasteiger partial charge in [-0.2, -0.15) is 0 Å². The monoisotopic (exact) mass is 268 g/mol. The van der Waals surface area contributed by atoms with Crippen molar-refractivity contribution in [2.45, 2.75) is 13.0 Å². The fraction of sp³-hybridized carbons (Fsp3) is 0.385. The average molecular weight is 268 g/mol. The third-order valence-corrected chi connectivity index (χ3v) is 2.06. The summed E-state index contributed by atoms with van der Waals surface area (Å²) in [5, 5.41) is 2.32. The van der Waals surface area contributed by atoms with E-state index < -0.39 is 18.1 Å². The van der Waals surface area contributed by atoms with Gasteiger partial charge in [0.15, 0.2) is 0 Å². The lowest BCUT2D eigenvalue weighted by Crippen LogP contribution is -2.47. The molecule has 0 bridgehead atoms. The van der Waals surface area contributed by atoms with Crippen LogP contribution >= 0.6 is 0 Å². The Bertz CT molecular complexity index is 364. The van der Waals surface area contributed by atoms with Crippen molar-refractivity contribution in [3.63, 3.8) is 0 Å². The third-order valence-electron chi connectivity index (χ3n) is 2.06. The van der Waals surface area contributed by atoms with Gasteiger partial charge in [0.1, 0.15) is 12.6 Å². The molecule has 0 aliphatic carbocycles. The first-order chi connectivity index (χ1) is 9.08. The Balaban J connectivity index is 4.28. The van der Waals surface area contributed by atoms with E-state index in [-0.39, 0.29) is 19.8 Å². The van der Waals surface area contributed by atoms with Gasteiger partial charge in [-0.25, -0.2) is 9.59 Å². The van der Waals surface area contributed by atoms with Gasteiger partial charge in [-0.15, -0.1) is 0 Å². The van der Waals surface area contributed by atoms with Gasteiger partial charge >= 0.3 is 12.1 Å². The number of hydrogen-bond acceptors (Lipinski definition) is 5. The van der Waals surface area contributed by atoms with Crippen LogP contribution in [0.4, 0.5) is 4.79 Å². The Hall–Kier alpha value is -2.08. The number of allylic oxidation sites excluding steroid dienone is 2. The zero-order valence-electron chi connectivity index (χ0n) is 11.1. The zero-order chi connectivity index (χ0) is 14.7. The van der Waals surface area contributed by atoms with E-state index in [1.807, 2.05) is 0 Å². The van der Waals surface area contributed by atoms with Crippen molar-refractivity contribution in [2.24, 2.45) is 5.73 Å². The van der Waals surface area contributed by atoms with Gasteiger partial charge in [0.05, 0.1) is 6.61 Å². The first kappa shape index (κ1) is 16.9. The van der Waals surface area contributed by atoms with Crippen LogP contribution in [0, 0.1) is 0 Å². The molecule has 0 aliphatic rings. The molecule has 0 spiro atoms. The molecule has 0 saturated heterocycles. The first-order valence-corrected chi connectivity index (χ1v) is 5.83. The van der Waals surface area contributed by atoms with E-state index in [0.717, 1.165) is 0 Å². The molecule has 0 fully saturated rings. The maximum Gasteiger partial charge on any atom is 0.408 e. The van der Waals surface area contributed by atoms with Crippen LogP contribution in [0.5, 0.6) is 0 Å². The number of amides is 1. The Labute approximate surface area is 112 Å². The number of nitrogens with one attached hydrogen (secondary N) is 1. The summed E-state index contributed by atoms with van der Waals surface area (Å²) in [7, 11) is 0. The maximum absolute atomic E-state index is 11.5. The maximum atomic E-state index is 11.5. The molecule has 1 unspecified atom stereocenters. The Morgan fingerprint density at radius 3 is 2.53 bits per heavy atom. The van der Waals surface area contributed by atoms with Crippen LogP contribution in [0.1, 0.15) is 6.92 Å². The summed E-state index contributed by atoms with van der Waals surface area (Å²) < 4.78 is 9.66. The molecule has 1 atom stereocenters. The summed E-state index contributed by atoms with van der Waals surface area (Å²) in [6.07, 6.45) is 4.01. The zero-order valence-corrected chi connectivity index (χ0v) is 11.1. The van der Waals surface area contributed by atoms with Crippen LogP contribution in [-0.4, -0.2) is 37.9 Å². The summed E-state index contributed by atoms with van der Waals surface area (Å²) in [6.45, 7) is 8.94. The van der Waals surface area contributed by atoms with Gasteiger partial charge in [-0.1, -0.05) is 31.4 Å². The minimum Gasteiger partial charge on any atom is -0.464 e. The number of carbonyl (C=O) groups excluding carboxylic acids is 2. The highest BCUT2D eigenvalue weighted by Gasteiger charge is 2.20. The van der Waals surface area contributed by atoms with Crippen LogP contribution in [0.15, 0.2) is 37.0 Å². The summed E-state index contributed by atoms with van der Waals surface area (Å²) in [4.78, 5) is 22.9. The highest BCUT2D eigenvalue weighted by Crippen LogP contribution is 1.98. The Morgan fingerprint density at radius 1 is 1.37 bits per heavy atom. The molecule has 0 heterocycles. The SMILES string of the molecule is C=C/C=C(\C=C)COC(=O)NC(CN)C(=O)OCC. The normalized spacial score (nSPS) is 12.2. The van der Waals surface area contributed by atoms with E-state index in [1.54, 1.807) is 25.2 Å². The van der Waals surface area contributed by atoms with Gasteiger partial charge in [-0.05, 0) is 12.5 Å². The molecule has 0 radical (unpaired) electrons. The van der Waals surface area contributed by atoms with E-state index in [2.05, 4.69) is 18.5 Å². The van der Waals surface area contributed by atoms with E-state index in [9.17, 15) is 9.59 Å². The summed E-state index contributed by atoms with van der Waals surface area (Å²) in [6, 6.07) is -0.914. The van der Waals surface area contributed by atoms with Crippen LogP contribution in [-0.2, 0) is 14.3 Å². The average Bonchev–Trinajstić information content (AvgIpc) is 2.40. The van der Waals surface area contributed by atoms with Crippen LogP contribution in [0.2, 0.25) is 0 Å². The molecular weight excluding hydrogens is 248 g/mol. The van der Waals surface area contributed by atoms with Crippen molar-refractivity contribution in [2.75, 3.05) is 19.8 Å². The lowest BCUT2D eigenvalue weighted by Gasteiger charge is -2.15. The minimum absolute atomic E-state index is 0.0292. The number of ether oxygens (including phenoxy) is 2. The predicted molar refractivity (Wildman–Crippen MR) is 72.4 cm³/mol. The molecule has 0 saturated carbocycles. The Kier molecular flexibility index (Phi) is 8.82. The van der Waals surface area contributed by atoms with Crippen molar-refractivity contribution in [1.29, 1.82) is 0 Å². The summed E-state index contributed by atoms with van der Waals surface area (Å²) in [5.41, 5.74) is 6.06. The summed E-state index contributed by atoms with van der Waals surface area (Å²) >= 11 is 0. The highest BCUT2D eigenvalue weighted by molar-refractivity contribution is 5.81. The molecule has 3 N–H and O–H groups in total. The third kappa shape index (κ3) is 7.05. The number of carbonyl (C=O) groups is 2. The van der Waals surface area contributed by atoms with E-state index in [4.69, 9.17) is 15.2 Å². The first-order valence-electron chi connectivity index (χ1n) is 5.83. The molecule has 0 aromatic heterocycles. The number of hydrogen-bond donors (Lipinski definition) is 2. The van der Waals surface area contributed by atoms with Crippen molar-refractivity contribution in [3.05, 3.63) is 37.0 Å². The molecule has 1 amide bonds. The molecule has 106 valence electrons. The van der Waals surface area contributed by atoms with Crippen molar-refractivity contribution in [1.82, 2.24) is 5.32 Å². The van der Waals surface area contributed by atoms with Gasteiger partial charge in [0, 0.05) is 6.54 Å². The van der Waals surface area contributed by atoms with Crippen LogP contribution < -0.4 is 11.1 Å². The van der Waals surface area contributed by atoms with E-state index in [1.165, 1.54) is 0 Å². The lowest BCUT2D eigenvalue weighted by molar-refractivity contribution is -0.145. The molecule has 6 heteroatoms. The smallest absolute Gasteiger partial charge is 0.408 e. The highest BCUT2D eigenvalue weighted by atomic mass is 16.6. The summed E-state index contributed by atoms with van der Waals surface area (Å²) in [5.74, 6) is -0.590. The van der Waals surface area contributed by atoms with E-state index >= 15 is 0 Å². The van der Waals surface area contributed by atoms with Crippen molar-refractivity contribution >= 4 is 12.1 Å². The van der Waals surface area contributed by atoms with Crippen LogP contribution in [0.25, 0.3) is 0 Å². The molecule has 0 aromatic carbocycles. The molecular formula is C13H20N2O4. The molecule has 6 nitrogen and oxygen atoms in total. The van der Waals surface area contributed by atoms with E-state index in [0.29, 0.717) is 5.57 Å². The Morgan fingerprint density at radius 2 is 2.05 bits per heavy atom. The number of rotatable bonds is 8. The fourth-order valence-electron chi connectivity index (χ4n) is 1.12. The van der Waals surface area contributed by atoms with Gasteiger partial charge in [0.2, 0.25) is 0 Å². The largest absolute Gasteiger partial charge is 0.464 e. The minimum atomic E-state index is -0.914. The van der Waals surface area contributed by atoms with Gasteiger partial charge in [-0.3, -0.25) is 0 Å². The second-order valence-electron chi connectivity index (χ2n) is 3.44. The standard InChI is InChI=1S/C13H20N2O4/c1-4-7-10(5-2)9-19-13(17)15-11(8-14)12(16)18-6-3/h4-5,7,11H,1-2,6,8-9,14H2,3H3,(H,15,17)/b10-7+. The second kappa shape index (κ2) is 9.90. The lowest BCUT2D eigenvalue weighted by atomic mass is 10.2. The quantitative estimate of drug-likeness (QED) is 0.504. The van der Waals surface area contributed by atoms with Crippen molar-refractivity contribution in [3.8, 4) is 0 Å². The molecule has 0 aromatic rings. The molecule has 19 heavy (non-hydrogen) atoms.